The highest BCUT2D eigenvalue weighted by Crippen LogP contribution is 2.18. The molecule has 0 aromatic heterocycles. The molecule has 4 nitrogen and oxygen atoms in total. The van der Waals surface area contributed by atoms with Crippen LogP contribution in [0, 0.1) is 0 Å². The molecule has 0 amide bonds. The summed E-state index contributed by atoms with van der Waals surface area (Å²) in [5.41, 5.74) is 6.97. The molecule has 0 saturated carbocycles. The zero-order chi connectivity index (χ0) is 14.8. The summed E-state index contributed by atoms with van der Waals surface area (Å²) in [6.07, 6.45) is 0. The van der Waals surface area contributed by atoms with Crippen molar-refractivity contribution in [1.29, 1.82) is 0 Å². The molecule has 0 atom stereocenters. The van der Waals surface area contributed by atoms with Crippen molar-refractivity contribution in [3.8, 4) is 0 Å². The molecule has 2 rings (SSSR count). The maximum atomic E-state index is 12.4. The summed E-state index contributed by atoms with van der Waals surface area (Å²) < 4.78 is 26.0. The van der Waals surface area contributed by atoms with Gasteiger partial charge in [-0.15, -0.1) is 0 Å². The molecule has 0 aliphatic carbocycles. The standard InChI is InChI=1S/C14H15ClN2O2S/c1-17(10-11-2-4-12(15)5-3-11)20(18,19)14-8-6-13(16)7-9-14/h2-9H,10,16H2,1H3. The van der Waals surface area contributed by atoms with Gasteiger partial charge in [0, 0.05) is 24.3 Å². The second-order valence-electron chi connectivity index (χ2n) is 4.46. The zero-order valence-corrected chi connectivity index (χ0v) is 12.5. The van der Waals surface area contributed by atoms with E-state index >= 15 is 0 Å². The minimum absolute atomic E-state index is 0.225. The third-order valence-electron chi connectivity index (χ3n) is 2.91. The molecule has 6 heteroatoms. The van der Waals surface area contributed by atoms with Crippen LogP contribution in [0.15, 0.2) is 53.4 Å². The third-order valence-corrected chi connectivity index (χ3v) is 4.98. The van der Waals surface area contributed by atoms with Gasteiger partial charge in [-0.05, 0) is 42.0 Å². The van der Waals surface area contributed by atoms with E-state index < -0.39 is 10.0 Å². The number of anilines is 1. The van der Waals surface area contributed by atoms with Gasteiger partial charge in [-0.2, -0.15) is 4.31 Å². The number of nitrogens with zero attached hydrogens (tertiary/aromatic N) is 1. The van der Waals surface area contributed by atoms with Gasteiger partial charge in [-0.25, -0.2) is 8.42 Å². The summed E-state index contributed by atoms with van der Waals surface area (Å²) in [7, 11) is -1.98. The van der Waals surface area contributed by atoms with E-state index in [1.165, 1.54) is 16.4 Å². The van der Waals surface area contributed by atoms with Gasteiger partial charge in [-0.1, -0.05) is 23.7 Å². The molecule has 2 N–H and O–H groups in total. The van der Waals surface area contributed by atoms with Crippen molar-refractivity contribution in [3.63, 3.8) is 0 Å². The SMILES string of the molecule is CN(Cc1ccc(Cl)cc1)S(=O)(=O)c1ccc(N)cc1. The van der Waals surface area contributed by atoms with Crippen molar-refractivity contribution < 1.29 is 8.42 Å². The number of sulfonamides is 1. The van der Waals surface area contributed by atoms with Crippen molar-refractivity contribution in [2.75, 3.05) is 12.8 Å². The molecule has 0 fully saturated rings. The first-order valence-electron chi connectivity index (χ1n) is 5.96. The lowest BCUT2D eigenvalue weighted by Gasteiger charge is -2.17. The third kappa shape index (κ3) is 3.30. The van der Waals surface area contributed by atoms with E-state index in [-0.39, 0.29) is 11.4 Å². The van der Waals surface area contributed by atoms with Crippen LogP contribution in [0.4, 0.5) is 5.69 Å². The highest BCUT2D eigenvalue weighted by Gasteiger charge is 2.20. The van der Waals surface area contributed by atoms with E-state index in [1.807, 2.05) is 0 Å². The summed E-state index contributed by atoms with van der Waals surface area (Å²) in [5, 5.41) is 0.623. The number of benzene rings is 2. The minimum Gasteiger partial charge on any atom is -0.399 e. The highest BCUT2D eigenvalue weighted by atomic mass is 35.5. The van der Waals surface area contributed by atoms with Gasteiger partial charge >= 0.3 is 0 Å². The maximum Gasteiger partial charge on any atom is 0.243 e. The molecule has 0 saturated heterocycles. The largest absolute Gasteiger partial charge is 0.399 e. The van der Waals surface area contributed by atoms with E-state index in [2.05, 4.69) is 0 Å². The second-order valence-corrected chi connectivity index (χ2v) is 6.94. The molecule has 2 aromatic carbocycles. The molecule has 0 bridgehead atoms. The first-order chi connectivity index (χ1) is 9.39. The lowest BCUT2D eigenvalue weighted by atomic mass is 10.2. The molecule has 0 heterocycles. The number of nitrogens with two attached hydrogens (primary N) is 1. The molecule has 0 aliphatic heterocycles. The van der Waals surface area contributed by atoms with E-state index in [1.54, 1.807) is 43.4 Å². The fraction of sp³-hybridized carbons (Fsp3) is 0.143. The average Bonchev–Trinajstić information content (AvgIpc) is 2.42. The van der Waals surface area contributed by atoms with Crippen molar-refractivity contribution in [3.05, 3.63) is 59.1 Å². The van der Waals surface area contributed by atoms with Gasteiger partial charge in [0.15, 0.2) is 0 Å². The Labute approximate surface area is 123 Å². The normalized spacial score (nSPS) is 11.8. The lowest BCUT2D eigenvalue weighted by Crippen LogP contribution is -2.26. The summed E-state index contributed by atoms with van der Waals surface area (Å²) in [5.74, 6) is 0. The van der Waals surface area contributed by atoms with Gasteiger partial charge < -0.3 is 5.73 Å². The van der Waals surface area contributed by atoms with Crippen LogP contribution < -0.4 is 5.73 Å². The van der Waals surface area contributed by atoms with Crippen LogP contribution >= 0.6 is 11.6 Å². The second kappa shape index (κ2) is 5.83. The number of rotatable bonds is 4. The number of hydrogen-bond acceptors (Lipinski definition) is 3. The molecule has 0 aliphatic rings. The number of hydrogen-bond donors (Lipinski definition) is 1. The van der Waals surface area contributed by atoms with Crippen LogP contribution in [0.1, 0.15) is 5.56 Å². The predicted octanol–water partition coefficient (Wildman–Crippen LogP) is 2.74. The van der Waals surface area contributed by atoms with Gasteiger partial charge in [0.2, 0.25) is 10.0 Å². The van der Waals surface area contributed by atoms with Crippen molar-refractivity contribution in [2.24, 2.45) is 0 Å². The molecular formula is C14H15ClN2O2S. The first kappa shape index (κ1) is 14.8. The molecule has 0 radical (unpaired) electrons. The molecular weight excluding hydrogens is 296 g/mol. The Balaban J connectivity index is 2.21. The van der Waals surface area contributed by atoms with Crippen LogP contribution in [0.3, 0.4) is 0 Å². The highest BCUT2D eigenvalue weighted by molar-refractivity contribution is 7.89. The van der Waals surface area contributed by atoms with Gasteiger partial charge in [0.1, 0.15) is 0 Å². The van der Waals surface area contributed by atoms with E-state index in [4.69, 9.17) is 17.3 Å². The van der Waals surface area contributed by atoms with Crippen molar-refractivity contribution in [2.45, 2.75) is 11.4 Å². The average molecular weight is 311 g/mol. The smallest absolute Gasteiger partial charge is 0.243 e. The summed E-state index contributed by atoms with van der Waals surface area (Å²) >= 11 is 5.81. The van der Waals surface area contributed by atoms with Crippen LogP contribution in [-0.2, 0) is 16.6 Å². The quantitative estimate of drug-likeness (QED) is 0.883. The topological polar surface area (TPSA) is 63.4 Å². The first-order valence-corrected chi connectivity index (χ1v) is 7.78. The Morgan fingerprint density at radius 2 is 1.60 bits per heavy atom. The molecule has 106 valence electrons. The van der Waals surface area contributed by atoms with Crippen LogP contribution in [0.5, 0.6) is 0 Å². The van der Waals surface area contributed by atoms with Crippen LogP contribution in [0.2, 0.25) is 5.02 Å². The molecule has 0 spiro atoms. The summed E-state index contributed by atoms with van der Waals surface area (Å²) in [6, 6.07) is 13.2. The minimum atomic E-state index is -3.52. The molecule has 20 heavy (non-hydrogen) atoms. The van der Waals surface area contributed by atoms with Gasteiger partial charge in [0.25, 0.3) is 0 Å². The van der Waals surface area contributed by atoms with E-state index in [9.17, 15) is 8.42 Å². The summed E-state index contributed by atoms with van der Waals surface area (Å²) in [4.78, 5) is 0.225. The Bertz CT molecular complexity index is 682. The molecule has 2 aromatic rings. The monoisotopic (exact) mass is 310 g/mol. The van der Waals surface area contributed by atoms with Crippen molar-refractivity contribution >= 4 is 27.3 Å². The Kier molecular flexibility index (Phi) is 4.32. The number of nitrogen functional groups attached to an aromatic ring is 1. The maximum absolute atomic E-state index is 12.4. The lowest BCUT2D eigenvalue weighted by molar-refractivity contribution is 0.467. The van der Waals surface area contributed by atoms with Crippen molar-refractivity contribution in [1.82, 2.24) is 4.31 Å². The Morgan fingerprint density at radius 3 is 2.15 bits per heavy atom. The predicted molar refractivity (Wildman–Crippen MR) is 81.0 cm³/mol. The van der Waals surface area contributed by atoms with Crippen LogP contribution in [-0.4, -0.2) is 19.8 Å². The fourth-order valence-electron chi connectivity index (χ4n) is 1.75. The molecule has 0 unspecified atom stereocenters. The fourth-order valence-corrected chi connectivity index (χ4v) is 3.04. The Hall–Kier alpha value is -1.56. The van der Waals surface area contributed by atoms with Gasteiger partial charge in [-0.3, -0.25) is 0 Å². The van der Waals surface area contributed by atoms with E-state index in [0.29, 0.717) is 10.7 Å². The van der Waals surface area contributed by atoms with E-state index in [0.717, 1.165) is 5.56 Å². The van der Waals surface area contributed by atoms with Crippen LogP contribution in [0.25, 0.3) is 0 Å². The summed E-state index contributed by atoms with van der Waals surface area (Å²) in [6.45, 7) is 0.282. The Morgan fingerprint density at radius 1 is 1.05 bits per heavy atom. The number of halogens is 1. The zero-order valence-electron chi connectivity index (χ0n) is 11.0. The van der Waals surface area contributed by atoms with Gasteiger partial charge in [0.05, 0.1) is 4.90 Å².